The smallest absolute Gasteiger partial charge is 0.241 e. The molecular formula is C16H20N2O5S2. The Labute approximate surface area is 147 Å². The first-order chi connectivity index (χ1) is 11.5. The zero-order valence-electron chi connectivity index (χ0n) is 14.1. The van der Waals surface area contributed by atoms with Crippen molar-refractivity contribution in [1.82, 2.24) is 4.72 Å². The first-order valence-electron chi connectivity index (χ1n) is 7.34. The number of hydrogen-bond donors (Lipinski definition) is 2. The molecule has 0 saturated carbocycles. The zero-order chi connectivity index (χ0) is 18.8. The van der Waals surface area contributed by atoms with Gasteiger partial charge in [0.15, 0.2) is 0 Å². The van der Waals surface area contributed by atoms with Gasteiger partial charge in [0.1, 0.15) is 5.75 Å². The number of methoxy groups -OCH3 is 1. The van der Waals surface area contributed by atoms with Gasteiger partial charge < -0.3 is 4.74 Å². The van der Waals surface area contributed by atoms with Gasteiger partial charge in [-0.2, -0.15) is 0 Å². The van der Waals surface area contributed by atoms with Crippen molar-refractivity contribution in [2.45, 2.75) is 29.7 Å². The molecule has 9 heteroatoms. The summed E-state index contributed by atoms with van der Waals surface area (Å²) in [5.74, 6) is 0.555. The number of benzene rings is 2. The molecule has 0 heterocycles. The Morgan fingerprint density at radius 2 is 1.68 bits per heavy atom. The van der Waals surface area contributed by atoms with Crippen LogP contribution in [0.4, 0.5) is 0 Å². The van der Waals surface area contributed by atoms with Crippen molar-refractivity contribution >= 4 is 20.0 Å². The molecule has 0 amide bonds. The van der Waals surface area contributed by atoms with Gasteiger partial charge in [-0.3, -0.25) is 0 Å². The van der Waals surface area contributed by atoms with Crippen LogP contribution in [0.5, 0.6) is 5.75 Å². The van der Waals surface area contributed by atoms with Gasteiger partial charge in [0.2, 0.25) is 20.0 Å². The predicted molar refractivity (Wildman–Crippen MR) is 94.3 cm³/mol. The maximum atomic E-state index is 12.6. The molecule has 0 aromatic heterocycles. The topological polar surface area (TPSA) is 116 Å². The summed E-state index contributed by atoms with van der Waals surface area (Å²) >= 11 is 0. The van der Waals surface area contributed by atoms with E-state index < -0.39 is 26.1 Å². The first kappa shape index (κ1) is 19.4. The second kappa shape index (κ2) is 7.12. The van der Waals surface area contributed by atoms with Crippen LogP contribution in [0.25, 0.3) is 0 Å². The van der Waals surface area contributed by atoms with Crippen LogP contribution in [0, 0.1) is 6.92 Å². The fourth-order valence-corrected chi connectivity index (χ4v) is 4.28. The Kier molecular flexibility index (Phi) is 5.52. The van der Waals surface area contributed by atoms with E-state index in [9.17, 15) is 16.8 Å². The fraction of sp³-hybridized carbons (Fsp3) is 0.250. The summed E-state index contributed by atoms with van der Waals surface area (Å²) in [7, 11) is -6.44. The van der Waals surface area contributed by atoms with Crippen LogP contribution in [0.1, 0.15) is 24.1 Å². The van der Waals surface area contributed by atoms with Crippen molar-refractivity contribution in [2.75, 3.05) is 7.11 Å². The minimum absolute atomic E-state index is 0.183. The molecule has 25 heavy (non-hydrogen) atoms. The molecule has 1 unspecified atom stereocenters. The minimum Gasteiger partial charge on any atom is -0.496 e. The molecule has 0 spiro atoms. The number of hydrogen-bond acceptors (Lipinski definition) is 5. The van der Waals surface area contributed by atoms with Crippen LogP contribution in [-0.2, 0) is 20.0 Å². The summed E-state index contributed by atoms with van der Waals surface area (Å²) in [5, 5.41) is 5.06. The Morgan fingerprint density at radius 3 is 2.28 bits per heavy atom. The van der Waals surface area contributed by atoms with Gasteiger partial charge >= 0.3 is 0 Å². The van der Waals surface area contributed by atoms with Crippen LogP contribution in [0.3, 0.4) is 0 Å². The van der Waals surface area contributed by atoms with Crippen molar-refractivity contribution in [3.05, 3.63) is 53.6 Å². The van der Waals surface area contributed by atoms with Gasteiger partial charge in [0, 0.05) is 11.6 Å². The van der Waals surface area contributed by atoms with E-state index >= 15 is 0 Å². The third-order valence-electron chi connectivity index (χ3n) is 3.63. The van der Waals surface area contributed by atoms with Gasteiger partial charge in [-0.25, -0.2) is 26.7 Å². The van der Waals surface area contributed by atoms with Crippen LogP contribution in [0.15, 0.2) is 52.3 Å². The molecule has 0 radical (unpaired) electrons. The number of nitrogens with one attached hydrogen (secondary N) is 1. The normalized spacial score (nSPS) is 13.4. The van der Waals surface area contributed by atoms with Crippen molar-refractivity contribution < 1.29 is 21.6 Å². The maximum Gasteiger partial charge on any atom is 0.241 e. The summed E-state index contributed by atoms with van der Waals surface area (Å²) in [5.41, 5.74) is 1.63. The predicted octanol–water partition coefficient (Wildman–Crippen LogP) is 1.69. The van der Waals surface area contributed by atoms with Gasteiger partial charge in [0.05, 0.1) is 16.9 Å². The highest BCUT2D eigenvalue weighted by Gasteiger charge is 2.22. The summed E-state index contributed by atoms with van der Waals surface area (Å²) < 4.78 is 55.8. The zero-order valence-corrected chi connectivity index (χ0v) is 15.7. The molecule has 2 aromatic rings. The quantitative estimate of drug-likeness (QED) is 0.786. The molecule has 0 aliphatic heterocycles. The molecule has 0 aliphatic carbocycles. The molecule has 1 atom stereocenters. The SMILES string of the molecule is COc1ccc(C)cc1C(C)NS(=O)(=O)c1cccc(S(N)(=O)=O)c1. The Bertz CT molecular complexity index is 985. The maximum absolute atomic E-state index is 12.6. The number of aryl methyl sites for hydroxylation is 1. The molecule has 0 fully saturated rings. The molecule has 0 bridgehead atoms. The van der Waals surface area contributed by atoms with E-state index in [0.29, 0.717) is 11.3 Å². The standard InChI is InChI=1S/C16H20N2O5S2/c1-11-7-8-16(23-3)15(9-11)12(2)18-25(21,22)14-6-4-5-13(10-14)24(17,19)20/h4-10,12,18H,1-3H3,(H2,17,19,20). The molecule has 0 aliphatic rings. The lowest BCUT2D eigenvalue weighted by atomic mass is 10.1. The van der Waals surface area contributed by atoms with E-state index in [2.05, 4.69) is 4.72 Å². The van der Waals surface area contributed by atoms with Gasteiger partial charge in [-0.1, -0.05) is 23.8 Å². The number of ether oxygens (including phenoxy) is 1. The highest BCUT2D eigenvalue weighted by Crippen LogP contribution is 2.27. The first-order valence-corrected chi connectivity index (χ1v) is 10.4. The van der Waals surface area contributed by atoms with E-state index in [1.54, 1.807) is 13.0 Å². The summed E-state index contributed by atoms with van der Waals surface area (Å²) in [4.78, 5) is -0.450. The lowest BCUT2D eigenvalue weighted by molar-refractivity contribution is 0.405. The third-order valence-corrected chi connectivity index (χ3v) is 6.08. The minimum atomic E-state index is -3.99. The van der Waals surface area contributed by atoms with Crippen molar-refractivity contribution in [3.63, 3.8) is 0 Å². The van der Waals surface area contributed by atoms with Crippen molar-refractivity contribution in [3.8, 4) is 5.75 Å². The van der Waals surface area contributed by atoms with E-state index in [-0.39, 0.29) is 9.79 Å². The average molecular weight is 384 g/mol. The van der Waals surface area contributed by atoms with Gasteiger partial charge in [-0.05, 0) is 38.1 Å². The van der Waals surface area contributed by atoms with Crippen LogP contribution in [-0.4, -0.2) is 23.9 Å². The lowest BCUT2D eigenvalue weighted by Gasteiger charge is -2.18. The second-order valence-electron chi connectivity index (χ2n) is 5.61. The monoisotopic (exact) mass is 384 g/mol. The average Bonchev–Trinajstić information content (AvgIpc) is 2.53. The molecule has 2 rings (SSSR count). The Hall–Kier alpha value is -1.94. The molecule has 3 N–H and O–H groups in total. The Balaban J connectivity index is 2.38. The number of sulfonamides is 2. The van der Waals surface area contributed by atoms with Crippen molar-refractivity contribution in [2.24, 2.45) is 5.14 Å². The number of nitrogens with two attached hydrogens (primary N) is 1. The van der Waals surface area contributed by atoms with E-state index in [4.69, 9.17) is 9.88 Å². The van der Waals surface area contributed by atoms with Crippen molar-refractivity contribution in [1.29, 1.82) is 0 Å². The van der Waals surface area contributed by atoms with E-state index in [1.807, 2.05) is 19.1 Å². The molecular weight excluding hydrogens is 364 g/mol. The van der Waals surface area contributed by atoms with Crippen LogP contribution >= 0.6 is 0 Å². The van der Waals surface area contributed by atoms with Crippen LogP contribution < -0.4 is 14.6 Å². The fourth-order valence-electron chi connectivity index (χ4n) is 2.37. The van der Waals surface area contributed by atoms with Crippen LogP contribution in [0.2, 0.25) is 0 Å². The summed E-state index contributed by atoms with van der Waals surface area (Å²) in [6.07, 6.45) is 0. The molecule has 136 valence electrons. The van der Waals surface area contributed by atoms with Gasteiger partial charge in [0.25, 0.3) is 0 Å². The molecule has 2 aromatic carbocycles. The highest BCUT2D eigenvalue weighted by molar-refractivity contribution is 7.90. The second-order valence-corrected chi connectivity index (χ2v) is 8.88. The number of rotatable bonds is 6. The van der Waals surface area contributed by atoms with E-state index in [0.717, 1.165) is 11.6 Å². The molecule has 7 nitrogen and oxygen atoms in total. The molecule has 0 saturated heterocycles. The lowest BCUT2D eigenvalue weighted by Crippen LogP contribution is -2.27. The highest BCUT2D eigenvalue weighted by atomic mass is 32.2. The summed E-state index contributed by atoms with van der Waals surface area (Å²) in [6.45, 7) is 3.57. The van der Waals surface area contributed by atoms with E-state index in [1.165, 1.54) is 25.3 Å². The number of primary sulfonamides is 1. The van der Waals surface area contributed by atoms with Gasteiger partial charge in [-0.15, -0.1) is 0 Å². The largest absolute Gasteiger partial charge is 0.496 e. The summed E-state index contributed by atoms with van der Waals surface area (Å²) in [6, 6.07) is 9.75. The third kappa shape index (κ3) is 4.57. The Morgan fingerprint density at radius 1 is 1.04 bits per heavy atom.